The lowest BCUT2D eigenvalue weighted by molar-refractivity contribution is -0.127. The van der Waals surface area contributed by atoms with Crippen LogP contribution in [0.1, 0.15) is 19.0 Å². The van der Waals surface area contributed by atoms with Crippen molar-refractivity contribution in [2.75, 3.05) is 32.1 Å². The lowest BCUT2D eigenvalue weighted by atomic mass is 10.3. The van der Waals surface area contributed by atoms with E-state index in [1.54, 1.807) is 25.2 Å². The van der Waals surface area contributed by atoms with Gasteiger partial charge in [-0.1, -0.05) is 19.1 Å². The van der Waals surface area contributed by atoms with Gasteiger partial charge in [-0.15, -0.1) is 0 Å². The molecule has 0 aliphatic heterocycles. The molecule has 1 aromatic rings. The summed E-state index contributed by atoms with van der Waals surface area (Å²) in [6.45, 7) is 2.95. The monoisotopic (exact) mass is 281 g/mol. The molecule has 19 heavy (non-hydrogen) atoms. The molecule has 0 unspecified atom stereocenters. The fraction of sp³-hybridized carbons (Fsp3) is 0.500. The minimum absolute atomic E-state index is 0.00649. The van der Waals surface area contributed by atoms with Crippen LogP contribution in [0.4, 0.5) is 5.82 Å². The maximum absolute atomic E-state index is 11.9. The number of rotatable bonds is 6. The van der Waals surface area contributed by atoms with Crippen LogP contribution in [-0.2, 0) is 4.79 Å². The van der Waals surface area contributed by atoms with Crippen molar-refractivity contribution in [1.82, 2.24) is 14.9 Å². The molecule has 0 atom stereocenters. The molecule has 0 radical (unpaired) electrons. The Morgan fingerprint density at radius 2 is 2.00 bits per heavy atom. The van der Waals surface area contributed by atoms with Gasteiger partial charge in [0.2, 0.25) is 5.91 Å². The molecule has 0 fully saturated rings. The van der Waals surface area contributed by atoms with Gasteiger partial charge < -0.3 is 15.5 Å². The van der Waals surface area contributed by atoms with Gasteiger partial charge in [-0.05, 0) is 6.42 Å². The van der Waals surface area contributed by atoms with Gasteiger partial charge >= 0.3 is 0 Å². The molecule has 0 aliphatic rings. The maximum atomic E-state index is 11.9. The summed E-state index contributed by atoms with van der Waals surface area (Å²) in [5.41, 5.74) is 6.10. The number of amides is 1. The number of aromatic nitrogens is 2. The summed E-state index contributed by atoms with van der Waals surface area (Å²) in [6.07, 6.45) is 3.99. The molecule has 0 spiro atoms. The van der Waals surface area contributed by atoms with Crippen LogP contribution in [0.3, 0.4) is 0 Å². The van der Waals surface area contributed by atoms with Gasteiger partial charge in [0.1, 0.15) is 10.7 Å². The first-order valence-electron chi connectivity index (χ1n) is 6.03. The Balaban J connectivity index is 3.05. The molecule has 0 bridgehead atoms. The van der Waals surface area contributed by atoms with Gasteiger partial charge in [0, 0.05) is 33.0 Å². The molecular formula is C12H19N5OS. The highest BCUT2D eigenvalue weighted by Gasteiger charge is 2.18. The first-order valence-corrected chi connectivity index (χ1v) is 6.44. The summed E-state index contributed by atoms with van der Waals surface area (Å²) in [5.74, 6) is 0.556. The van der Waals surface area contributed by atoms with Gasteiger partial charge in [-0.2, -0.15) is 0 Å². The lowest BCUT2D eigenvalue weighted by Crippen LogP contribution is -2.38. The Labute approximate surface area is 118 Å². The zero-order valence-corrected chi connectivity index (χ0v) is 12.3. The van der Waals surface area contributed by atoms with E-state index in [0.29, 0.717) is 18.1 Å². The molecule has 0 aromatic carbocycles. The van der Waals surface area contributed by atoms with Crippen molar-refractivity contribution in [3.8, 4) is 0 Å². The number of anilines is 1. The molecule has 1 amide bonds. The summed E-state index contributed by atoms with van der Waals surface area (Å²) in [6, 6.07) is 0. The van der Waals surface area contributed by atoms with E-state index < -0.39 is 0 Å². The number of likely N-dealkylation sites (N-methyl/N-ethyl adjacent to an activating group) is 1. The number of nitrogens with zero attached hydrogens (tertiary/aromatic N) is 4. The van der Waals surface area contributed by atoms with Crippen molar-refractivity contribution in [3.63, 3.8) is 0 Å². The maximum Gasteiger partial charge on any atom is 0.241 e. The van der Waals surface area contributed by atoms with Crippen LogP contribution in [0.2, 0.25) is 0 Å². The van der Waals surface area contributed by atoms with Crippen molar-refractivity contribution in [1.29, 1.82) is 0 Å². The molecule has 1 aromatic heterocycles. The predicted molar refractivity (Wildman–Crippen MR) is 79.1 cm³/mol. The van der Waals surface area contributed by atoms with E-state index in [-0.39, 0.29) is 17.4 Å². The predicted octanol–water partition coefficient (Wildman–Crippen LogP) is 0.415. The Morgan fingerprint density at radius 1 is 1.37 bits per heavy atom. The van der Waals surface area contributed by atoms with Gasteiger partial charge in [0.05, 0.1) is 6.54 Å². The van der Waals surface area contributed by atoms with Crippen LogP contribution >= 0.6 is 12.2 Å². The van der Waals surface area contributed by atoms with E-state index in [9.17, 15) is 4.79 Å². The minimum Gasteiger partial charge on any atom is -0.388 e. The quantitative estimate of drug-likeness (QED) is 0.762. The zero-order chi connectivity index (χ0) is 14.4. The third-order valence-corrected chi connectivity index (χ3v) is 2.72. The van der Waals surface area contributed by atoms with Crippen LogP contribution in [-0.4, -0.2) is 52.9 Å². The second-order valence-corrected chi connectivity index (χ2v) is 4.74. The summed E-state index contributed by atoms with van der Waals surface area (Å²) in [5, 5.41) is 0. The van der Waals surface area contributed by atoms with Crippen LogP contribution in [0.5, 0.6) is 0 Å². The van der Waals surface area contributed by atoms with Crippen LogP contribution in [0.15, 0.2) is 12.4 Å². The largest absolute Gasteiger partial charge is 0.388 e. The number of carbonyl (C=O) groups is 1. The average molecular weight is 281 g/mol. The highest BCUT2D eigenvalue weighted by atomic mass is 32.1. The summed E-state index contributed by atoms with van der Waals surface area (Å²) < 4.78 is 0. The minimum atomic E-state index is -0.00649. The molecule has 7 heteroatoms. The standard InChI is InChI=1S/C12H19N5OS/c1-4-7-17(8-9(18)16(2)3)12-10(11(13)19)14-5-6-15-12/h5-6H,4,7-8H2,1-3H3,(H2,13,19). The van der Waals surface area contributed by atoms with Gasteiger partial charge in [0.15, 0.2) is 5.82 Å². The van der Waals surface area contributed by atoms with Crippen molar-refractivity contribution in [3.05, 3.63) is 18.1 Å². The second-order valence-electron chi connectivity index (χ2n) is 4.30. The topological polar surface area (TPSA) is 75.4 Å². The molecule has 0 saturated carbocycles. The molecule has 2 N–H and O–H groups in total. The Bertz CT molecular complexity index is 463. The molecular weight excluding hydrogens is 262 g/mol. The Morgan fingerprint density at radius 3 is 2.53 bits per heavy atom. The second kappa shape index (κ2) is 6.98. The number of thiocarbonyl (C=S) groups is 1. The van der Waals surface area contributed by atoms with Crippen LogP contribution < -0.4 is 10.6 Å². The summed E-state index contributed by atoms with van der Waals surface area (Å²) in [4.78, 5) is 23.8. The van der Waals surface area contributed by atoms with E-state index in [0.717, 1.165) is 6.42 Å². The molecule has 6 nitrogen and oxygen atoms in total. The Hall–Kier alpha value is -1.76. The Kier molecular flexibility index (Phi) is 5.62. The average Bonchev–Trinajstić information content (AvgIpc) is 2.37. The molecule has 1 rings (SSSR count). The van der Waals surface area contributed by atoms with E-state index in [4.69, 9.17) is 18.0 Å². The molecule has 104 valence electrons. The molecule has 1 heterocycles. The number of carbonyl (C=O) groups excluding carboxylic acids is 1. The third kappa shape index (κ3) is 4.13. The van der Waals surface area contributed by atoms with Gasteiger partial charge in [-0.3, -0.25) is 4.79 Å². The van der Waals surface area contributed by atoms with E-state index in [2.05, 4.69) is 9.97 Å². The van der Waals surface area contributed by atoms with Crippen molar-refractivity contribution in [2.45, 2.75) is 13.3 Å². The van der Waals surface area contributed by atoms with Crippen molar-refractivity contribution in [2.24, 2.45) is 5.73 Å². The number of hydrogen-bond donors (Lipinski definition) is 1. The van der Waals surface area contributed by atoms with Crippen molar-refractivity contribution >= 4 is 28.9 Å². The van der Waals surface area contributed by atoms with Gasteiger partial charge in [0.25, 0.3) is 0 Å². The van der Waals surface area contributed by atoms with Crippen molar-refractivity contribution < 1.29 is 4.79 Å². The smallest absolute Gasteiger partial charge is 0.241 e. The molecule has 0 aliphatic carbocycles. The first kappa shape index (κ1) is 15.3. The van der Waals surface area contributed by atoms with E-state index in [1.165, 1.54) is 6.20 Å². The normalized spacial score (nSPS) is 10.1. The van der Waals surface area contributed by atoms with Crippen LogP contribution in [0, 0.1) is 0 Å². The summed E-state index contributed by atoms with van der Waals surface area (Å²) in [7, 11) is 3.44. The fourth-order valence-corrected chi connectivity index (χ4v) is 1.71. The third-order valence-electron chi connectivity index (χ3n) is 2.53. The van der Waals surface area contributed by atoms with E-state index >= 15 is 0 Å². The zero-order valence-electron chi connectivity index (χ0n) is 11.5. The highest BCUT2D eigenvalue weighted by Crippen LogP contribution is 2.15. The number of nitrogens with two attached hydrogens (primary N) is 1. The summed E-state index contributed by atoms with van der Waals surface area (Å²) >= 11 is 4.97. The highest BCUT2D eigenvalue weighted by molar-refractivity contribution is 7.80. The first-order chi connectivity index (χ1) is 8.97. The SMILES string of the molecule is CCCN(CC(=O)N(C)C)c1nccnc1C(N)=S. The lowest BCUT2D eigenvalue weighted by Gasteiger charge is -2.25. The number of hydrogen-bond acceptors (Lipinski definition) is 5. The fourth-order valence-electron chi connectivity index (χ4n) is 1.57. The molecule has 0 saturated heterocycles. The van der Waals surface area contributed by atoms with E-state index in [1.807, 2.05) is 11.8 Å². The van der Waals surface area contributed by atoms with Crippen LogP contribution in [0.25, 0.3) is 0 Å². The van der Waals surface area contributed by atoms with Gasteiger partial charge in [-0.25, -0.2) is 9.97 Å².